The maximum Gasteiger partial charge on any atom is 0.161 e. The molecule has 0 saturated carbocycles. The molecule has 1 aromatic carbocycles. The zero-order valence-corrected chi connectivity index (χ0v) is 10.1. The molecule has 0 heterocycles. The van der Waals surface area contributed by atoms with E-state index in [9.17, 15) is 5.11 Å². The molecule has 0 fully saturated rings. The largest absolute Gasteiger partial charge is 0.493 e. The molecule has 0 radical (unpaired) electrons. The highest BCUT2D eigenvalue weighted by atomic mass is 16.5. The maximum atomic E-state index is 9.64. The molecule has 1 aromatic rings. The van der Waals surface area contributed by atoms with E-state index in [4.69, 9.17) is 9.47 Å². The average molecular weight is 237 g/mol. The van der Waals surface area contributed by atoms with Gasteiger partial charge in [-0.1, -0.05) is 18.2 Å². The molecule has 4 nitrogen and oxygen atoms in total. The summed E-state index contributed by atoms with van der Waals surface area (Å²) in [4.78, 5) is 0. The van der Waals surface area contributed by atoms with Crippen LogP contribution in [0.1, 0.15) is 0 Å². The number of hydrogen-bond donors (Lipinski definition) is 2. The summed E-state index contributed by atoms with van der Waals surface area (Å²) in [6, 6.07) is 7.36. The third-order valence-corrected chi connectivity index (χ3v) is 2.17. The maximum absolute atomic E-state index is 9.64. The Kier molecular flexibility index (Phi) is 6.14. The Morgan fingerprint density at radius 1 is 1.41 bits per heavy atom. The minimum absolute atomic E-state index is 0.227. The van der Waals surface area contributed by atoms with Gasteiger partial charge in [-0.15, -0.1) is 6.58 Å². The molecular formula is C13H19NO3. The predicted octanol–water partition coefficient (Wildman–Crippen LogP) is 1.21. The van der Waals surface area contributed by atoms with E-state index >= 15 is 0 Å². The van der Waals surface area contributed by atoms with Crippen LogP contribution >= 0.6 is 0 Å². The fraction of sp³-hybridized carbons (Fsp3) is 0.385. The molecule has 1 atom stereocenters. The van der Waals surface area contributed by atoms with Crippen molar-refractivity contribution in [2.45, 2.75) is 6.10 Å². The summed E-state index contributed by atoms with van der Waals surface area (Å²) in [7, 11) is 1.59. The van der Waals surface area contributed by atoms with Crippen molar-refractivity contribution in [1.82, 2.24) is 5.32 Å². The van der Waals surface area contributed by atoms with Gasteiger partial charge in [0.15, 0.2) is 11.5 Å². The number of rotatable bonds is 8. The van der Waals surface area contributed by atoms with Crippen molar-refractivity contribution in [2.75, 3.05) is 26.8 Å². The fourth-order valence-electron chi connectivity index (χ4n) is 1.33. The highest BCUT2D eigenvalue weighted by Crippen LogP contribution is 2.25. The number of aliphatic hydroxyl groups excluding tert-OH is 1. The third-order valence-electron chi connectivity index (χ3n) is 2.17. The molecule has 0 aliphatic rings. The van der Waals surface area contributed by atoms with E-state index in [0.717, 1.165) is 0 Å². The SMILES string of the molecule is C=CCNC[C@H](O)COc1ccccc1OC. The Bertz CT molecular complexity index is 341. The number of para-hydroxylation sites is 2. The first-order valence-electron chi connectivity index (χ1n) is 5.53. The van der Waals surface area contributed by atoms with Crippen molar-refractivity contribution < 1.29 is 14.6 Å². The van der Waals surface area contributed by atoms with E-state index < -0.39 is 6.10 Å². The molecule has 1 rings (SSSR count). The first-order chi connectivity index (χ1) is 8.27. The number of hydrogen-bond acceptors (Lipinski definition) is 4. The van der Waals surface area contributed by atoms with Gasteiger partial charge in [-0.05, 0) is 12.1 Å². The predicted molar refractivity (Wildman–Crippen MR) is 67.6 cm³/mol. The van der Waals surface area contributed by atoms with Crippen LogP contribution < -0.4 is 14.8 Å². The zero-order chi connectivity index (χ0) is 12.5. The van der Waals surface area contributed by atoms with Crippen LogP contribution in [0.5, 0.6) is 11.5 Å². The van der Waals surface area contributed by atoms with E-state index in [2.05, 4.69) is 11.9 Å². The van der Waals surface area contributed by atoms with E-state index in [1.54, 1.807) is 13.2 Å². The number of aliphatic hydroxyl groups is 1. The van der Waals surface area contributed by atoms with Crippen molar-refractivity contribution in [2.24, 2.45) is 0 Å². The molecular weight excluding hydrogens is 218 g/mol. The molecule has 0 aliphatic heterocycles. The lowest BCUT2D eigenvalue weighted by molar-refractivity contribution is 0.105. The molecule has 0 amide bonds. The first kappa shape index (κ1) is 13.5. The summed E-state index contributed by atoms with van der Waals surface area (Å²) in [6.45, 7) is 4.95. The topological polar surface area (TPSA) is 50.7 Å². The smallest absolute Gasteiger partial charge is 0.161 e. The standard InChI is InChI=1S/C13H19NO3/c1-3-8-14-9-11(15)10-17-13-7-5-4-6-12(13)16-2/h3-7,11,14-15H,1,8-10H2,2H3/t11-/m0/s1. The average Bonchev–Trinajstić information content (AvgIpc) is 2.37. The van der Waals surface area contributed by atoms with E-state index in [1.807, 2.05) is 24.3 Å². The van der Waals surface area contributed by atoms with Crippen LogP contribution in [0.25, 0.3) is 0 Å². The first-order valence-corrected chi connectivity index (χ1v) is 5.53. The molecule has 0 bridgehead atoms. The summed E-state index contributed by atoms with van der Waals surface area (Å²) in [5.41, 5.74) is 0. The van der Waals surface area contributed by atoms with Crippen LogP contribution in [-0.2, 0) is 0 Å². The van der Waals surface area contributed by atoms with Crippen LogP contribution in [0.4, 0.5) is 0 Å². The molecule has 0 unspecified atom stereocenters. The van der Waals surface area contributed by atoms with E-state index in [1.165, 1.54) is 0 Å². The van der Waals surface area contributed by atoms with E-state index in [0.29, 0.717) is 24.6 Å². The summed E-state index contributed by atoms with van der Waals surface area (Å²) in [6.07, 6.45) is 1.19. The van der Waals surface area contributed by atoms with Gasteiger partial charge >= 0.3 is 0 Å². The molecule has 0 aliphatic carbocycles. The van der Waals surface area contributed by atoms with Crippen molar-refractivity contribution in [1.29, 1.82) is 0 Å². The minimum atomic E-state index is -0.556. The van der Waals surface area contributed by atoms with Crippen LogP contribution in [-0.4, -0.2) is 38.0 Å². The summed E-state index contributed by atoms with van der Waals surface area (Å²) >= 11 is 0. The Morgan fingerprint density at radius 3 is 2.76 bits per heavy atom. The Balaban J connectivity index is 2.36. The Hall–Kier alpha value is -1.52. The summed E-state index contributed by atoms with van der Waals surface area (Å²) in [5.74, 6) is 1.30. The normalized spacial score (nSPS) is 11.9. The van der Waals surface area contributed by atoms with Crippen LogP contribution in [0.3, 0.4) is 0 Å². The quantitative estimate of drug-likeness (QED) is 0.527. The highest BCUT2D eigenvalue weighted by Gasteiger charge is 2.07. The highest BCUT2D eigenvalue weighted by molar-refractivity contribution is 5.39. The third kappa shape index (κ3) is 4.89. The summed E-state index contributed by atoms with van der Waals surface area (Å²) < 4.78 is 10.6. The second-order valence-corrected chi connectivity index (χ2v) is 3.56. The number of benzene rings is 1. The van der Waals surface area contributed by atoms with Gasteiger partial charge in [0, 0.05) is 13.1 Å². The van der Waals surface area contributed by atoms with E-state index in [-0.39, 0.29) is 6.61 Å². The second kappa shape index (κ2) is 7.70. The molecule has 2 N–H and O–H groups in total. The minimum Gasteiger partial charge on any atom is -0.493 e. The van der Waals surface area contributed by atoms with Crippen LogP contribution in [0.15, 0.2) is 36.9 Å². The van der Waals surface area contributed by atoms with Crippen LogP contribution in [0.2, 0.25) is 0 Å². The lowest BCUT2D eigenvalue weighted by atomic mass is 10.3. The van der Waals surface area contributed by atoms with Gasteiger partial charge in [-0.25, -0.2) is 0 Å². The lowest BCUT2D eigenvalue weighted by Crippen LogP contribution is -2.31. The van der Waals surface area contributed by atoms with Gasteiger partial charge in [0.05, 0.1) is 7.11 Å². The van der Waals surface area contributed by atoms with Crippen molar-refractivity contribution >= 4 is 0 Å². The molecule has 17 heavy (non-hydrogen) atoms. The van der Waals surface area contributed by atoms with Gasteiger partial charge in [0.25, 0.3) is 0 Å². The van der Waals surface area contributed by atoms with Crippen molar-refractivity contribution in [3.8, 4) is 11.5 Å². The fourth-order valence-corrected chi connectivity index (χ4v) is 1.33. The second-order valence-electron chi connectivity index (χ2n) is 3.56. The molecule has 94 valence electrons. The summed E-state index contributed by atoms with van der Waals surface area (Å²) in [5, 5.41) is 12.7. The van der Waals surface area contributed by atoms with Crippen LogP contribution in [0, 0.1) is 0 Å². The number of methoxy groups -OCH3 is 1. The van der Waals surface area contributed by atoms with Gasteiger partial charge in [0.2, 0.25) is 0 Å². The molecule has 0 aromatic heterocycles. The van der Waals surface area contributed by atoms with Gasteiger partial charge < -0.3 is 19.9 Å². The lowest BCUT2D eigenvalue weighted by Gasteiger charge is -2.14. The Labute approximate surface area is 102 Å². The van der Waals surface area contributed by atoms with Gasteiger partial charge in [-0.2, -0.15) is 0 Å². The van der Waals surface area contributed by atoms with Crippen molar-refractivity contribution in [3.63, 3.8) is 0 Å². The molecule has 4 heteroatoms. The van der Waals surface area contributed by atoms with Crippen molar-refractivity contribution in [3.05, 3.63) is 36.9 Å². The monoisotopic (exact) mass is 237 g/mol. The van der Waals surface area contributed by atoms with Gasteiger partial charge in [0.1, 0.15) is 12.7 Å². The van der Waals surface area contributed by atoms with Gasteiger partial charge in [-0.3, -0.25) is 0 Å². The number of ether oxygens (including phenoxy) is 2. The molecule has 0 saturated heterocycles. The number of nitrogens with one attached hydrogen (secondary N) is 1. The zero-order valence-electron chi connectivity index (χ0n) is 10.1. The molecule has 0 spiro atoms. The Morgan fingerprint density at radius 2 is 2.12 bits per heavy atom.